The second-order valence-corrected chi connectivity index (χ2v) is 1.07. The van der Waals surface area contributed by atoms with Crippen LogP contribution >= 0.6 is 0 Å². The van der Waals surface area contributed by atoms with E-state index >= 15 is 0 Å². The van der Waals surface area contributed by atoms with Crippen LogP contribution in [-0.4, -0.2) is 32.7 Å². The van der Waals surface area contributed by atoms with Gasteiger partial charge < -0.3 is 20.4 Å². The first-order chi connectivity index (χ1) is 5.38. The zero-order valence-corrected chi connectivity index (χ0v) is 6.61. The van der Waals surface area contributed by atoms with E-state index < -0.39 is 12.3 Å². The molecule has 0 aromatic carbocycles. The molecule has 4 N–H and O–H groups in total. The van der Waals surface area contributed by atoms with Crippen molar-refractivity contribution in [2.45, 2.75) is 13.8 Å². The quantitative estimate of drug-likeness (QED) is 0.417. The zero-order valence-electron chi connectivity index (χ0n) is 6.61. The molecule has 6 heteroatoms. The summed E-state index contributed by atoms with van der Waals surface area (Å²) >= 11 is 0. The van der Waals surface area contributed by atoms with Crippen LogP contribution in [0.15, 0.2) is 0 Å². The molecule has 0 aliphatic carbocycles. The van der Waals surface area contributed by atoms with Crippen molar-refractivity contribution in [1.29, 1.82) is 0 Å². The Labute approximate surface area is 69.1 Å². The lowest BCUT2D eigenvalue weighted by Gasteiger charge is -1.60. The summed E-state index contributed by atoms with van der Waals surface area (Å²) in [5, 5.41) is 27.9. The van der Waals surface area contributed by atoms with Crippen LogP contribution in [0.4, 0.5) is 9.59 Å². The number of hydrogen-bond donors (Lipinski definition) is 4. The largest absolute Gasteiger partial charge is 0.503 e. The first kappa shape index (κ1) is 16.6. The fourth-order valence-corrected chi connectivity index (χ4v) is 0. The Morgan fingerprint density at radius 2 is 0.917 bits per heavy atom. The molecule has 0 radical (unpaired) electrons. The van der Waals surface area contributed by atoms with Crippen LogP contribution in [0.3, 0.4) is 0 Å². The molecule has 12 heavy (non-hydrogen) atoms. The SMILES string of the molecule is CC#CC.O=C(O)O.O=C(O)O. The smallest absolute Gasteiger partial charge is 0.450 e. The highest BCUT2D eigenvalue weighted by Crippen LogP contribution is 1.43. The molecule has 0 aliphatic heterocycles. The molecule has 0 saturated heterocycles. The van der Waals surface area contributed by atoms with Crippen LogP contribution in [0.1, 0.15) is 13.8 Å². The predicted molar refractivity (Wildman–Crippen MR) is 40.4 cm³/mol. The second-order valence-electron chi connectivity index (χ2n) is 1.07. The summed E-state index contributed by atoms with van der Waals surface area (Å²) in [6, 6.07) is 0. The van der Waals surface area contributed by atoms with Crippen LogP contribution < -0.4 is 0 Å². The number of rotatable bonds is 0. The summed E-state index contributed by atoms with van der Waals surface area (Å²) in [5.41, 5.74) is 0. The number of carboxylic acid groups (broad SMARTS) is 4. The minimum atomic E-state index is -1.83. The van der Waals surface area contributed by atoms with Crippen molar-refractivity contribution in [1.82, 2.24) is 0 Å². The summed E-state index contributed by atoms with van der Waals surface area (Å²) in [5.74, 6) is 5.36. The second kappa shape index (κ2) is 16.0. The third-order valence-electron chi connectivity index (χ3n) is 0.250. The van der Waals surface area contributed by atoms with Crippen molar-refractivity contribution >= 4 is 12.3 Å². The first-order valence-electron chi connectivity index (χ1n) is 2.55. The van der Waals surface area contributed by atoms with Crippen LogP contribution in [0, 0.1) is 11.8 Å². The van der Waals surface area contributed by atoms with E-state index in [0.717, 1.165) is 0 Å². The van der Waals surface area contributed by atoms with Crippen molar-refractivity contribution < 1.29 is 30.0 Å². The lowest BCUT2D eigenvalue weighted by Crippen LogP contribution is -1.81. The Morgan fingerprint density at radius 1 is 0.833 bits per heavy atom. The number of hydrogen-bond acceptors (Lipinski definition) is 2. The van der Waals surface area contributed by atoms with Crippen molar-refractivity contribution in [3.63, 3.8) is 0 Å². The van der Waals surface area contributed by atoms with Gasteiger partial charge in [-0.15, -0.1) is 11.8 Å². The highest BCUT2D eigenvalue weighted by molar-refractivity contribution is 5.53. The molecule has 0 rings (SSSR count). The van der Waals surface area contributed by atoms with Gasteiger partial charge in [-0.3, -0.25) is 0 Å². The van der Waals surface area contributed by atoms with Gasteiger partial charge in [0.25, 0.3) is 0 Å². The summed E-state index contributed by atoms with van der Waals surface area (Å²) in [6.45, 7) is 3.64. The minimum Gasteiger partial charge on any atom is -0.450 e. The molecule has 0 spiro atoms. The van der Waals surface area contributed by atoms with Crippen LogP contribution in [-0.2, 0) is 0 Å². The summed E-state index contributed by atoms with van der Waals surface area (Å²) in [6.07, 6.45) is -3.67. The van der Waals surface area contributed by atoms with Crippen molar-refractivity contribution in [2.75, 3.05) is 0 Å². The highest BCUT2D eigenvalue weighted by atomic mass is 16.6. The monoisotopic (exact) mass is 178 g/mol. The normalized spacial score (nSPS) is 5.17. The van der Waals surface area contributed by atoms with Gasteiger partial charge in [0, 0.05) is 0 Å². The molecule has 70 valence electrons. The Bertz CT molecular complexity index is 148. The van der Waals surface area contributed by atoms with Gasteiger partial charge in [0.2, 0.25) is 0 Å². The van der Waals surface area contributed by atoms with E-state index in [1.807, 2.05) is 13.8 Å². The molecule has 0 saturated carbocycles. The van der Waals surface area contributed by atoms with Gasteiger partial charge in [0.1, 0.15) is 0 Å². The third-order valence-corrected chi connectivity index (χ3v) is 0.250. The molecule has 0 aromatic rings. The highest BCUT2D eigenvalue weighted by Gasteiger charge is 1.70. The molecule has 0 aliphatic rings. The maximum atomic E-state index is 8.56. The van der Waals surface area contributed by atoms with Gasteiger partial charge in [0.05, 0.1) is 0 Å². The van der Waals surface area contributed by atoms with Crippen LogP contribution in [0.2, 0.25) is 0 Å². The fourth-order valence-electron chi connectivity index (χ4n) is 0. The van der Waals surface area contributed by atoms with Crippen molar-refractivity contribution in [2.24, 2.45) is 0 Å². The van der Waals surface area contributed by atoms with Gasteiger partial charge in [-0.05, 0) is 13.8 Å². The first-order valence-corrected chi connectivity index (χ1v) is 2.55. The molecule has 0 heterocycles. The van der Waals surface area contributed by atoms with E-state index in [4.69, 9.17) is 30.0 Å². The molecule has 0 fully saturated rings. The molecule has 0 amide bonds. The molecule has 0 aromatic heterocycles. The average molecular weight is 178 g/mol. The van der Waals surface area contributed by atoms with Gasteiger partial charge in [-0.1, -0.05) is 0 Å². The van der Waals surface area contributed by atoms with Crippen molar-refractivity contribution in [3.8, 4) is 11.8 Å². The minimum absolute atomic E-state index is 1.82. The third kappa shape index (κ3) is 504. The standard InChI is InChI=1S/C4H6.2CH2O3/c1-3-4-2;2*2-1(3)4/h1-2H3;2*(H2,2,3,4). The van der Waals surface area contributed by atoms with Crippen LogP contribution in [0.25, 0.3) is 0 Å². The average Bonchev–Trinajstić information content (AvgIpc) is 1.85. The molecular weight excluding hydrogens is 168 g/mol. The van der Waals surface area contributed by atoms with E-state index in [9.17, 15) is 0 Å². The molecular formula is C6H10O6. The Balaban J connectivity index is -0.000000101. The summed E-state index contributed by atoms with van der Waals surface area (Å²) < 4.78 is 0. The van der Waals surface area contributed by atoms with Crippen molar-refractivity contribution in [3.05, 3.63) is 0 Å². The predicted octanol–water partition coefficient (Wildman–Crippen LogP) is 1.47. The Kier molecular flexibility index (Phi) is 22.2. The molecule has 0 bridgehead atoms. The molecule has 0 unspecified atom stereocenters. The maximum absolute atomic E-state index is 8.56. The van der Waals surface area contributed by atoms with E-state index in [0.29, 0.717) is 0 Å². The lowest BCUT2D eigenvalue weighted by atomic mass is 10.7. The lowest BCUT2D eigenvalue weighted by molar-refractivity contribution is 0.135. The Morgan fingerprint density at radius 3 is 0.917 bits per heavy atom. The zero-order chi connectivity index (χ0) is 10.6. The topological polar surface area (TPSA) is 115 Å². The van der Waals surface area contributed by atoms with E-state index in [2.05, 4.69) is 11.8 Å². The van der Waals surface area contributed by atoms with E-state index in [-0.39, 0.29) is 0 Å². The van der Waals surface area contributed by atoms with Crippen LogP contribution in [0.5, 0.6) is 0 Å². The Hall–Kier alpha value is -1.90. The van der Waals surface area contributed by atoms with Gasteiger partial charge >= 0.3 is 12.3 Å². The summed E-state index contributed by atoms with van der Waals surface area (Å²) in [4.78, 5) is 17.1. The van der Waals surface area contributed by atoms with Gasteiger partial charge in [-0.2, -0.15) is 0 Å². The maximum Gasteiger partial charge on any atom is 0.503 e. The number of carbonyl (C=O) groups is 2. The van der Waals surface area contributed by atoms with E-state index in [1.54, 1.807) is 0 Å². The molecule has 6 nitrogen and oxygen atoms in total. The fraction of sp³-hybridized carbons (Fsp3) is 0.333. The van der Waals surface area contributed by atoms with E-state index in [1.165, 1.54) is 0 Å². The van der Waals surface area contributed by atoms with Gasteiger partial charge in [-0.25, -0.2) is 9.59 Å². The van der Waals surface area contributed by atoms with Gasteiger partial charge in [0.15, 0.2) is 0 Å². The summed E-state index contributed by atoms with van der Waals surface area (Å²) in [7, 11) is 0. The molecule has 0 atom stereocenters.